The number of aryl methyl sites for hydroxylation is 1. The van der Waals surface area contributed by atoms with Gasteiger partial charge in [-0.25, -0.2) is 0 Å². The van der Waals surface area contributed by atoms with Gasteiger partial charge in [-0.2, -0.15) is 5.26 Å². The van der Waals surface area contributed by atoms with Crippen molar-refractivity contribution >= 4 is 23.0 Å². The molecule has 0 unspecified atom stereocenters. The minimum atomic E-state index is -0.539. The van der Waals surface area contributed by atoms with E-state index in [-0.39, 0.29) is 11.3 Å². The molecule has 0 saturated carbocycles. The third kappa shape index (κ3) is 4.75. The summed E-state index contributed by atoms with van der Waals surface area (Å²) in [7, 11) is 0. The number of nitrogens with zero attached hydrogens (tertiary/aromatic N) is 4. The normalized spacial score (nSPS) is 14.2. The molecule has 0 aliphatic carbocycles. The van der Waals surface area contributed by atoms with Crippen LogP contribution in [0.15, 0.2) is 54.2 Å². The lowest BCUT2D eigenvalue weighted by atomic mass is 10.1. The van der Waals surface area contributed by atoms with Crippen molar-refractivity contribution in [1.82, 2.24) is 4.90 Å². The molecule has 1 saturated heterocycles. The van der Waals surface area contributed by atoms with Crippen LogP contribution in [0.25, 0.3) is 0 Å². The second kappa shape index (κ2) is 9.09. The SMILES string of the molecule is Cc1cccc(N2CCN(/C=C(/C#N)C(=O)Nc3ccc([N+](=O)[O-])cc3)CC2)c1C. The fraction of sp³-hybridized carbons (Fsp3) is 0.273. The summed E-state index contributed by atoms with van der Waals surface area (Å²) in [6.45, 7) is 7.20. The summed E-state index contributed by atoms with van der Waals surface area (Å²) in [5.74, 6) is -0.539. The van der Waals surface area contributed by atoms with E-state index >= 15 is 0 Å². The number of amides is 1. The van der Waals surface area contributed by atoms with Gasteiger partial charge in [0.1, 0.15) is 11.6 Å². The molecule has 0 bridgehead atoms. The molecule has 0 atom stereocenters. The number of nitrogens with one attached hydrogen (secondary N) is 1. The smallest absolute Gasteiger partial charge is 0.269 e. The Morgan fingerprint density at radius 3 is 2.40 bits per heavy atom. The van der Waals surface area contributed by atoms with E-state index in [0.29, 0.717) is 18.8 Å². The topological polar surface area (TPSA) is 103 Å². The highest BCUT2D eigenvalue weighted by Gasteiger charge is 2.19. The summed E-state index contributed by atoms with van der Waals surface area (Å²) in [6, 6.07) is 13.7. The van der Waals surface area contributed by atoms with Crippen LogP contribution < -0.4 is 10.2 Å². The Labute approximate surface area is 175 Å². The lowest BCUT2D eigenvalue weighted by Crippen LogP contribution is -2.44. The molecule has 2 aromatic rings. The zero-order valence-corrected chi connectivity index (χ0v) is 17.0. The Bertz CT molecular complexity index is 1020. The highest BCUT2D eigenvalue weighted by atomic mass is 16.6. The molecule has 0 spiro atoms. The standard InChI is InChI=1S/C22H23N5O3/c1-16-4-3-5-21(17(16)2)26-12-10-25(11-13-26)15-18(14-23)22(28)24-19-6-8-20(9-7-19)27(29)30/h3-9,15H,10-13H2,1-2H3,(H,24,28)/b18-15-. The van der Waals surface area contributed by atoms with E-state index < -0.39 is 10.8 Å². The van der Waals surface area contributed by atoms with E-state index in [1.165, 1.54) is 41.1 Å². The summed E-state index contributed by atoms with van der Waals surface area (Å²) in [5, 5.41) is 22.7. The number of carbonyl (C=O) groups is 1. The molecule has 1 aliphatic heterocycles. The molecule has 1 aliphatic rings. The van der Waals surface area contributed by atoms with Crippen molar-refractivity contribution in [2.75, 3.05) is 36.4 Å². The second-order valence-electron chi connectivity index (χ2n) is 7.15. The number of carbonyl (C=O) groups excluding carboxylic acids is 1. The molecule has 1 N–H and O–H groups in total. The van der Waals surface area contributed by atoms with Gasteiger partial charge in [0, 0.05) is 55.9 Å². The van der Waals surface area contributed by atoms with E-state index in [1.54, 1.807) is 6.20 Å². The molecule has 30 heavy (non-hydrogen) atoms. The number of anilines is 2. The van der Waals surface area contributed by atoms with Crippen LogP contribution in [0.5, 0.6) is 0 Å². The predicted molar refractivity (Wildman–Crippen MR) is 115 cm³/mol. The third-order valence-corrected chi connectivity index (χ3v) is 5.24. The average Bonchev–Trinajstić information content (AvgIpc) is 2.75. The van der Waals surface area contributed by atoms with Crippen molar-refractivity contribution in [3.05, 3.63) is 75.5 Å². The van der Waals surface area contributed by atoms with E-state index in [2.05, 4.69) is 42.3 Å². The van der Waals surface area contributed by atoms with Gasteiger partial charge in [0.15, 0.2) is 0 Å². The van der Waals surface area contributed by atoms with Crippen molar-refractivity contribution in [3.8, 4) is 6.07 Å². The highest BCUT2D eigenvalue weighted by molar-refractivity contribution is 6.06. The van der Waals surface area contributed by atoms with Crippen LogP contribution in [-0.4, -0.2) is 41.9 Å². The number of benzene rings is 2. The van der Waals surface area contributed by atoms with Gasteiger partial charge in [0.05, 0.1) is 4.92 Å². The molecule has 0 radical (unpaired) electrons. The molecular formula is C22H23N5O3. The van der Waals surface area contributed by atoms with Crippen LogP contribution in [0, 0.1) is 35.3 Å². The number of nitriles is 1. The molecule has 8 nitrogen and oxygen atoms in total. The predicted octanol–water partition coefficient (Wildman–Crippen LogP) is 3.38. The molecule has 1 heterocycles. The number of nitro groups is 1. The maximum atomic E-state index is 12.4. The van der Waals surface area contributed by atoms with Crippen LogP contribution in [-0.2, 0) is 4.79 Å². The Morgan fingerprint density at radius 2 is 1.80 bits per heavy atom. The van der Waals surface area contributed by atoms with Gasteiger partial charge in [-0.3, -0.25) is 14.9 Å². The van der Waals surface area contributed by atoms with Crippen LogP contribution in [0.3, 0.4) is 0 Å². The molecular weight excluding hydrogens is 382 g/mol. The first-order chi connectivity index (χ1) is 14.4. The monoisotopic (exact) mass is 405 g/mol. The van der Waals surface area contributed by atoms with Crippen LogP contribution in [0.4, 0.5) is 17.1 Å². The van der Waals surface area contributed by atoms with Crippen LogP contribution in [0.2, 0.25) is 0 Å². The van der Waals surface area contributed by atoms with Gasteiger partial charge in [-0.15, -0.1) is 0 Å². The maximum Gasteiger partial charge on any atom is 0.269 e. The maximum absolute atomic E-state index is 12.4. The van der Waals surface area contributed by atoms with Gasteiger partial charge >= 0.3 is 0 Å². The molecule has 8 heteroatoms. The van der Waals surface area contributed by atoms with Crippen molar-refractivity contribution in [2.45, 2.75) is 13.8 Å². The minimum absolute atomic E-state index is 0.00598. The number of nitro benzene ring substituents is 1. The van der Waals surface area contributed by atoms with Crippen LogP contribution >= 0.6 is 0 Å². The molecule has 0 aromatic heterocycles. The number of non-ortho nitro benzene ring substituents is 1. The fourth-order valence-electron chi connectivity index (χ4n) is 3.36. The second-order valence-corrected chi connectivity index (χ2v) is 7.15. The summed E-state index contributed by atoms with van der Waals surface area (Å²) in [6.07, 6.45) is 1.58. The summed E-state index contributed by atoms with van der Waals surface area (Å²) < 4.78 is 0. The number of piperazine rings is 1. The highest BCUT2D eigenvalue weighted by Crippen LogP contribution is 2.24. The third-order valence-electron chi connectivity index (χ3n) is 5.24. The number of rotatable bonds is 5. The van der Waals surface area contributed by atoms with Gasteiger partial charge < -0.3 is 15.1 Å². The van der Waals surface area contributed by atoms with Gasteiger partial charge in [0.2, 0.25) is 0 Å². The first-order valence-electron chi connectivity index (χ1n) is 9.62. The van der Waals surface area contributed by atoms with Gasteiger partial charge in [-0.05, 0) is 43.2 Å². The Balaban J connectivity index is 1.62. The van der Waals surface area contributed by atoms with E-state index in [4.69, 9.17) is 0 Å². The van der Waals surface area contributed by atoms with E-state index in [1.807, 2.05) is 11.0 Å². The summed E-state index contributed by atoms with van der Waals surface area (Å²) in [5.41, 5.74) is 4.06. The molecule has 3 rings (SSSR count). The lowest BCUT2D eigenvalue weighted by molar-refractivity contribution is -0.384. The lowest BCUT2D eigenvalue weighted by Gasteiger charge is -2.36. The molecule has 1 amide bonds. The average molecular weight is 405 g/mol. The summed E-state index contributed by atoms with van der Waals surface area (Å²) >= 11 is 0. The first-order valence-corrected chi connectivity index (χ1v) is 9.62. The Hall–Kier alpha value is -3.86. The largest absolute Gasteiger partial charge is 0.373 e. The zero-order valence-electron chi connectivity index (χ0n) is 17.0. The van der Waals surface area contributed by atoms with Gasteiger partial charge in [0.25, 0.3) is 11.6 Å². The number of hydrogen-bond donors (Lipinski definition) is 1. The van der Waals surface area contributed by atoms with Crippen molar-refractivity contribution in [1.29, 1.82) is 5.26 Å². The quantitative estimate of drug-likeness (QED) is 0.354. The number of hydrogen-bond acceptors (Lipinski definition) is 6. The van der Waals surface area contributed by atoms with E-state index in [0.717, 1.165) is 13.1 Å². The minimum Gasteiger partial charge on any atom is -0.373 e. The van der Waals surface area contributed by atoms with Crippen molar-refractivity contribution < 1.29 is 9.72 Å². The van der Waals surface area contributed by atoms with E-state index in [9.17, 15) is 20.2 Å². The zero-order chi connectivity index (χ0) is 21.7. The molecule has 2 aromatic carbocycles. The Morgan fingerprint density at radius 1 is 1.13 bits per heavy atom. The summed E-state index contributed by atoms with van der Waals surface area (Å²) in [4.78, 5) is 26.9. The Kier molecular flexibility index (Phi) is 6.32. The fourth-order valence-corrected chi connectivity index (χ4v) is 3.36. The van der Waals surface area contributed by atoms with Gasteiger partial charge in [-0.1, -0.05) is 12.1 Å². The molecule has 154 valence electrons. The van der Waals surface area contributed by atoms with Crippen molar-refractivity contribution in [3.63, 3.8) is 0 Å². The first kappa shape index (κ1) is 20.9. The molecule has 1 fully saturated rings. The van der Waals surface area contributed by atoms with Crippen LogP contribution in [0.1, 0.15) is 11.1 Å². The van der Waals surface area contributed by atoms with Crippen molar-refractivity contribution in [2.24, 2.45) is 0 Å².